The Balaban J connectivity index is 1.14. The minimum Gasteiger partial charge on any atom is -0.457 e. The first kappa shape index (κ1) is 34.3. The van der Waals surface area contributed by atoms with E-state index in [0.29, 0.717) is 5.56 Å². The van der Waals surface area contributed by atoms with E-state index in [9.17, 15) is 5.26 Å². The number of rotatable bonds is 6. The standard InChI is InChI=1S/C56H36N2O/c57-37-38-25-28-52-48(31-38)49-35-41(26-29-53(49)58(52)47-33-43(39-15-5-1-6-16-39)32-44(34-47)40-17-7-2-8-18-40)42-27-30-55-51(36-42)56(45-19-9-3-10-20-45,46-21-11-4-12-22-46)50-23-13-14-24-54(50)59-55/h1-36H. The van der Waals surface area contributed by atoms with Crippen LogP contribution in [0.25, 0.3) is 60.9 Å². The first-order valence-electron chi connectivity index (χ1n) is 20.0. The summed E-state index contributed by atoms with van der Waals surface area (Å²) in [5, 5.41) is 12.2. The molecule has 0 bridgehead atoms. The average Bonchev–Trinajstić information content (AvgIpc) is 3.64. The van der Waals surface area contributed by atoms with Crippen molar-refractivity contribution >= 4 is 21.8 Å². The summed E-state index contributed by atoms with van der Waals surface area (Å²) in [5.74, 6) is 1.69. The predicted molar refractivity (Wildman–Crippen MR) is 240 cm³/mol. The summed E-state index contributed by atoms with van der Waals surface area (Å²) in [6, 6.07) is 79.8. The third-order valence-corrected chi connectivity index (χ3v) is 11.9. The molecule has 3 heteroatoms. The number of fused-ring (bicyclic) bond motifs is 5. The van der Waals surface area contributed by atoms with Gasteiger partial charge >= 0.3 is 0 Å². The quantitative estimate of drug-likeness (QED) is 0.170. The predicted octanol–water partition coefficient (Wildman–Crippen LogP) is 14.1. The summed E-state index contributed by atoms with van der Waals surface area (Å²) in [4.78, 5) is 0. The summed E-state index contributed by atoms with van der Waals surface area (Å²) in [5.41, 5.74) is 14.5. The van der Waals surface area contributed by atoms with Gasteiger partial charge in [0.1, 0.15) is 11.5 Å². The molecule has 0 unspecified atom stereocenters. The molecular weight excluding hydrogens is 717 g/mol. The van der Waals surface area contributed by atoms with Crippen molar-refractivity contribution in [3.05, 3.63) is 246 Å². The van der Waals surface area contributed by atoms with Crippen molar-refractivity contribution in [1.29, 1.82) is 5.26 Å². The molecule has 0 radical (unpaired) electrons. The van der Waals surface area contributed by atoms with Crippen molar-refractivity contribution in [2.45, 2.75) is 5.41 Å². The first-order chi connectivity index (χ1) is 29.2. The molecule has 0 atom stereocenters. The lowest BCUT2D eigenvalue weighted by atomic mass is 9.63. The van der Waals surface area contributed by atoms with Crippen LogP contribution in [-0.4, -0.2) is 4.57 Å². The zero-order valence-electron chi connectivity index (χ0n) is 32.1. The zero-order valence-corrected chi connectivity index (χ0v) is 32.1. The van der Waals surface area contributed by atoms with E-state index in [1.807, 2.05) is 18.2 Å². The molecule has 2 heterocycles. The van der Waals surface area contributed by atoms with Crippen LogP contribution in [0.3, 0.4) is 0 Å². The van der Waals surface area contributed by atoms with Gasteiger partial charge in [-0.1, -0.05) is 152 Å². The lowest BCUT2D eigenvalue weighted by Gasteiger charge is -2.41. The highest BCUT2D eigenvalue weighted by Gasteiger charge is 2.45. The Bertz CT molecular complexity index is 3140. The monoisotopic (exact) mass is 752 g/mol. The number of nitrogens with zero attached hydrogens (tertiary/aromatic N) is 2. The van der Waals surface area contributed by atoms with E-state index < -0.39 is 5.41 Å². The van der Waals surface area contributed by atoms with Gasteiger partial charge in [-0.15, -0.1) is 0 Å². The lowest BCUT2D eigenvalue weighted by molar-refractivity contribution is 0.434. The Morgan fingerprint density at radius 1 is 0.390 bits per heavy atom. The van der Waals surface area contributed by atoms with Crippen LogP contribution in [0.5, 0.6) is 11.5 Å². The van der Waals surface area contributed by atoms with E-state index >= 15 is 0 Å². The van der Waals surface area contributed by atoms with Crippen LogP contribution in [-0.2, 0) is 5.41 Å². The summed E-state index contributed by atoms with van der Waals surface area (Å²) in [7, 11) is 0. The molecule has 276 valence electrons. The summed E-state index contributed by atoms with van der Waals surface area (Å²) in [6.07, 6.45) is 0. The van der Waals surface area contributed by atoms with Crippen molar-refractivity contribution in [3.63, 3.8) is 0 Å². The van der Waals surface area contributed by atoms with Gasteiger partial charge in [-0.25, -0.2) is 0 Å². The molecule has 0 saturated heterocycles. The first-order valence-corrected chi connectivity index (χ1v) is 20.0. The second-order valence-corrected chi connectivity index (χ2v) is 15.2. The average molecular weight is 753 g/mol. The van der Waals surface area contributed by atoms with Crippen LogP contribution in [0.2, 0.25) is 0 Å². The molecule has 1 aliphatic rings. The Hall–Kier alpha value is -7.93. The maximum Gasteiger partial charge on any atom is 0.132 e. The highest BCUT2D eigenvalue weighted by Crippen LogP contribution is 2.56. The Morgan fingerprint density at radius 3 is 1.53 bits per heavy atom. The molecule has 11 rings (SSSR count). The fraction of sp³-hybridized carbons (Fsp3) is 0.0179. The minimum atomic E-state index is -0.620. The summed E-state index contributed by atoms with van der Waals surface area (Å²) < 4.78 is 9.07. The van der Waals surface area contributed by atoms with Crippen molar-refractivity contribution in [1.82, 2.24) is 4.57 Å². The van der Waals surface area contributed by atoms with Gasteiger partial charge in [-0.05, 0) is 111 Å². The summed E-state index contributed by atoms with van der Waals surface area (Å²) in [6.45, 7) is 0. The molecule has 0 fully saturated rings. The Labute approximate surface area is 343 Å². The smallest absolute Gasteiger partial charge is 0.132 e. The van der Waals surface area contributed by atoms with Crippen LogP contribution < -0.4 is 4.74 Å². The number of aromatic nitrogens is 1. The molecule has 59 heavy (non-hydrogen) atoms. The number of nitriles is 1. The molecule has 0 aliphatic carbocycles. The molecule has 0 amide bonds. The maximum atomic E-state index is 10.1. The normalized spacial score (nSPS) is 12.7. The van der Waals surface area contributed by atoms with Gasteiger partial charge in [0.15, 0.2) is 0 Å². The third-order valence-electron chi connectivity index (χ3n) is 11.9. The second kappa shape index (κ2) is 13.9. The van der Waals surface area contributed by atoms with Crippen molar-refractivity contribution in [2.24, 2.45) is 0 Å². The molecule has 1 aromatic heterocycles. The van der Waals surface area contributed by atoms with E-state index in [1.165, 1.54) is 11.1 Å². The highest BCUT2D eigenvalue weighted by atomic mass is 16.5. The van der Waals surface area contributed by atoms with Gasteiger partial charge in [0.2, 0.25) is 0 Å². The van der Waals surface area contributed by atoms with E-state index in [4.69, 9.17) is 4.74 Å². The lowest BCUT2D eigenvalue weighted by Crippen LogP contribution is -2.34. The fourth-order valence-electron chi connectivity index (χ4n) is 9.27. The molecule has 0 spiro atoms. The van der Waals surface area contributed by atoms with E-state index in [-0.39, 0.29) is 0 Å². The molecule has 0 saturated carbocycles. The molecule has 10 aromatic rings. The molecular formula is C56H36N2O. The molecule has 1 aliphatic heterocycles. The van der Waals surface area contributed by atoms with Gasteiger partial charge in [0.25, 0.3) is 0 Å². The number of benzene rings is 9. The van der Waals surface area contributed by atoms with Gasteiger partial charge in [-0.3, -0.25) is 0 Å². The summed E-state index contributed by atoms with van der Waals surface area (Å²) >= 11 is 0. The van der Waals surface area contributed by atoms with Gasteiger partial charge in [-0.2, -0.15) is 5.26 Å². The number of hydrogen-bond acceptors (Lipinski definition) is 2. The molecule has 0 N–H and O–H groups in total. The van der Waals surface area contributed by atoms with Gasteiger partial charge < -0.3 is 9.30 Å². The van der Waals surface area contributed by atoms with Crippen LogP contribution >= 0.6 is 0 Å². The Kier molecular flexibility index (Phi) is 8.10. The van der Waals surface area contributed by atoms with Crippen molar-refractivity contribution < 1.29 is 4.74 Å². The minimum absolute atomic E-state index is 0.620. The molecule has 3 nitrogen and oxygen atoms in total. The SMILES string of the molecule is N#Cc1ccc2c(c1)c1cc(-c3ccc4c(c3)C(c3ccccc3)(c3ccccc3)c3ccccc3O4)ccc1n2-c1cc(-c2ccccc2)cc(-c2ccccc2)c1. The second-order valence-electron chi connectivity index (χ2n) is 15.2. The number of para-hydroxylation sites is 1. The molecule has 9 aromatic carbocycles. The fourth-order valence-corrected chi connectivity index (χ4v) is 9.27. The third kappa shape index (κ3) is 5.57. The van der Waals surface area contributed by atoms with Crippen LogP contribution in [0, 0.1) is 11.3 Å². The van der Waals surface area contributed by atoms with E-state index in [0.717, 1.165) is 83.5 Å². The van der Waals surface area contributed by atoms with Gasteiger partial charge in [0, 0.05) is 27.6 Å². The zero-order chi connectivity index (χ0) is 39.3. The number of ether oxygens (including phenoxy) is 1. The van der Waals surface area contributed by atoms with Crippen molar-refractivity contribution in [2.75, 3.05) is 0 Å². The van der Waals surface area contributed by atoms with Crippen LogP contribution in [0.15, 0.2) is 218 Å². The van der Waals surface area contributed by atoms with Gasteiger partial charge in [0.05, 0.1) is 28.1 Å². The highest BCUT2D eigenvalue weighted by molar-refractivity contribution is 6.11. The topological polar surface area (TPSA) is 37.9 Å². The Morgan fingerprint density at radius 2 is 0.898 bits per heavy atom. The van der Waals surface area contributed by atoms with E-state index in [2.05, 4.69) is 211 Å². The largest absolute Gasteiger partial charge is 0.457 e. The maximum absolute atomic E-state index is 10.1. The van der Waals surface area contributed by atoms with Crippen LogP contribution in [0.4, 0.5) is 0 Å². The number of hydrogen-bond donors (Lipinski definition) is 0. The van der Waals surface area contributed by atoms with Crippen molar-refractivity contribution in [3.8, 4) is 56.6 Å². The van der Waals surface area contributed by atoms with Crippen LogP contribution in [0.1, 0.15) is 27.8 Å². The van der Waals surface area contributed by atoms with E-state index in [1.54, 1.807) is 0 Å².